The topological polar surface area (TPSA) is 56.7 Å². The molecule has 0 aliphatic carbocycles. The van der Waals surface area contributed by atoms with Gasteiger partial charge in [0, 0.05) is 12.7 Å². The molecule has 0 fully saturated rings. The van der Waals surface area contributed by atoms with Gasteiger partial charge in [-0.15, -0.1) is 0 Å². The molecule has 2 heterocycles. The molecule has 2 aromatic rings. The van der Waals surface area contributed by atoms with Crippen LogP contribution in [0.25, 0.3) is 0 Å². The number of aromatic nitrogens is 3. The molecule has 0 aliphatic heterocycles. The summed E-state index contributed by atoms with van der Waals surface area (Å²) in [5.74, 6) is 0. The Labute approximate surface area is 109 Å². The first-order chi connectivity index (χ1) is 8.13. The first-order valence-electron chi connectivity index (χ1n) is 5.45. The van der Waals surface area contributed by atoms with Crippen molar-refractivity contribution in [2.24, 2.45) is 5.73 Å². The van der Waals surface area contributed by atoms with Gasteiger partial charge in [-0.1, -0.05) is 6.07 Å². The van der Waals surface area contributed by atoms with Gasteiger partial charge in [0.1, 0.15) is 0 Å². The molecule has 0 unspecified atom stereocenters. The first kappa shape index (κ1) is 12.3. The second-order valence-electron chi connectivity index (χ2n) is 3.96. The molecule has 0 amide bonds. The molecule has 17 heavy (non-hydrogen) atoms. The van der Waals surface area contributed by atoms with E-state index in [1.807, 2.05) is 30.7 Å². The monoisotopic (exact) mass is 294 g/mol. The molecule has 4 nitrogen and oxygen atoms in total. The number of hydrogen-bond donors (Lipinski definition) is 1. The third-order valence-corrected chi connectivity index (χ3v) is 3.94. The Morgan fingerprint density at radius 2 is 2.18 bits per heavy atom. The zero-order chi connectivity index (χ0) is 12.4. The average Bonchev–Trinajstić information content (AvgIpc) is 2.58. The highest BCUT2D eigenvalue weighted by atomic mass is 79.9. The third-order valence-electron chi connectivity index (χ3n) is 2.80. The van der Waals surface area contributed by atoms with E-state index < -0.39 is 0 Å². The van der Waals surface area contributed by atoms with E-state index in [0.29, 0.717) is 13.1 Å². The summed E-state index contributed by atoms with van der Waals surface area (Å²) in [6.45, 7) is 5.18. The van der Waals surface area contributed by atoms with Crippen LogP contribution >= 0.6 is 15.9 Å². The van der Waals surface area contributed by atoms with Gasteiger partial charge in [-0.05, 0) is 41.4 Å². The number of halogens is 1. The summed E-state index contributed by atoms with van der Waals surface area (Å²) in [6.07, 6.45) is 1.79. The van der Waals surface area contributed by atoms with Crippen LogP contribution in [0.3, 0.4) is 0 Å². The summed E-state index contributed by atoms with van der Waals surface area (Å²) in [6, 6.07) is 3.91. The molecular formula is C12H15BrN4. The summed E-state index contributed by atoms with van der Waals surface area (Å²) in [5, 5.41) is 4.47. The Morgan fingerprint density at radius 1 is 1.41 bits per heavy atom. The fourth-order valence-corrected chi connectivity index (χ4v) is 2.05. The van der Waals surface area contributed by atoms with E-state index in [1.165, 1.54) is 0 Å². The molecule has 0 aliphatic rings. The van der Waals surface area contributed by atoms with Crippen LogP contribution in [0.5, 0.6) is 0 Å². The maximum Gasteiger partial charge on any atom is 0.0838 e. The zero-order valence-electron chi connectivity index (χ0n) is 9.94. The summed E-state index contributed by atoms with van der Waals surface area (Å²) in [7, 11) is 0. The lowest BCUT2D eigenvalue weighted by Crippen LogP contribution is -2.10. The lowest BCUT2D eigenvalue weighted by atomic mass is 10.2. The molecule has 0 bridgehead atoms. The minimum absolute atomic E-state index is 0.504. The number of rotatable bonds is 3. The minimum Gasteiger partial charge on any atom is -0.326 e. The second-order valence-corrected chi connectivity index (χ2v) is 4.75. The summed E-state index contributed by atoms with van der Waals surface area (Å²) in [4.78, 5) is 4.37. The van der Waals surface area contributed by atoms with E-state index >= 15 is 0 Å². The van der Waals surface area contributed by atoms with Gasteiger partial charge in [-0.2, -0.15) is 5.10 Å². The van der Waals surface area contributed by atoms with E-state index in [-0.39, 0.29) is 0 Å². The van der Waals surface area contributed by atoms with Crippen molar-refractivity contribution in [3.8, 4) is 0 Å². The van der Waals surface area contributed by atoms with Crippen molar-refractivity contribution in [2.75, 3.05) is 0 Å². The van der Waals surface area contributed by atoms with Gasteiger partial charge in [-0.25, -0.2) is 0 Å². The highest BCUT2D eigenvalue weighted by Crippen LogP contribution is 2.20. The highest BCUT2D eigenvalue weighted by Gasteiger charge is 2.10. The SMILES string of the molecule is Cc1nn(Cc2ncccc2CN)c(C)c1Br. The Balaban J connectivity index is 2.34. The van der Waals surface area contributed by atoms with Crippen molar-refractivity contribution < 1.29 is 0 Å². The van der Waals surface area contributed by atoms with Gasteiger partial charge in [0.25, 0.3) is 0 Å². The Hall–Kier alpha value is -1.20. The molecule has 0 aromatic carbocycles. The van der Waals surface area contributed by atoms with Gasteiger partial charge in [0.05, 0.1) is 28.1 Å². The molecule has 0 radical (unpaired) electrons. The molecule has 2 aromatic heterocycles. The Kier molecular flexibility index (Phi) is 3.59. The summed E-state index contributed by atoms with van der Waals surface area (Å²) >= 11 is 3.52. The van der Waals surface area contributed by atoms with Crippen LogP contribution in [0, 0.1) is 13.8 Å². The van der Waals surface area contributed by atoms with E-state index in [0.717, 1.165) is 27.1 Å². The molecule has 90 valence electrons. The van der Waals surface area contributed by atoms with Crippen LogP contribution in [0.15, 0.2) is 22.8 Å². The molecule has 5 heteroatoms. The first-order valence-corrected chi connectivity index (χ1v) is 6.25. The Morgan fingerprint density at radius 3 is 2.76 bits per heavy atom. The van der Waals surface area contributed by atoms with Crippen LogP contribution in [0.2, 0.25) is 0 Å². The predicted octanol–water partition coefficient (Wildman–Crippen LogP) is 2.16. The normalized spacial score (nSPS) is 10.8. The summed E-state index contributed by atoms with van der Waals surface area (Å²) < 4.78 is 3.00. The van der Waals surface area contributed by atoms with E-state index in [1.54, 1.807) is 6.20 Å². The number of pyridine rings is 1. The molecular weight excluding hydrogens is 280 g/mol. The number of nitrogens with zero attached hydrogens (tertiary/aromatic N) is 3. The van der Waals surface area contributed by atoms with Crippen LogP contribution < -0.4 is 5.73 Å². The number of hydrogen-bond acceptors (Lipinski definition) is 3. The lowest BCUT2D eigenvalue weighted by Gasteiger charge is -2.08. The largest absolute Gasteiger partial charge is 0.326 e. The third kappa shape index (κ3) is 2.40. The smallest absolute Gasteiger partial charge is 0.0838 e. The van der Waals surface area contributed by atoms with Gasteiger partial charge in [0.2, 0.25) is 0 Å². The average molecular weight is 295 g/mol. The van der Waals surface area contributed by atoms with Crippen molar-refractivity contribution in [3.63, 3.8) is 0 Å². The summed E-state index contributed by atoms with van der Waals surface area (Å²) in [5.41, 5.74) is 9.84. The Bertz CT molecular complexity index is 533. The number of nitrogens with two attached hydrogens (primary N) is 1. The molecule has 0 spiro atoms. The maximum atomic E-state index is 5.70. The van der Waals surface area contributed by atoms with Gasteiger partial charge in [-0.3, -0.25) is 9.67 Å². The number of aryl methyl sites for hydroxylation is 1. The molecule has 2 N–H and O–H groups in total. The highest BCUT2D eigenvalue weighted by molar-refractivity contribution is 9.10. The van der Waals surface area contributed by atoms with Crippen LogP contribution in [0.1, 0.15) is 22.6 Å². The predicted molar refractivity (Wildman–Crippen MR) is 70.6 cm³/mol. The zero-order valence-corrected chi connectivity index (χ0v) is 11.5. The van der Waals surface area contributed by atoms with Gasteiger partial charge in [0.15, 0.2) is 0 Å². The fraction of sp³-hybridized carbons (Fsp3) is 0.333. The second kappa shape index (κ2) is 4.98. The molecule has 0 saturated carbocycles. The fourth-order valence-electron chi connectivity index (χ4n) is 1.77. The van der Waals surface area contributed by atoms with Crippen LogP contribution in [-0.4, -0.2) is 14.8 Å². The van der Waals surface area contributed by atoms with Crippen LogP contribution in [0.4, 0.5) is 0 Å². The maximum absolute atomic E-state index is 5.70. The molecule has 0 saturated heterocycles. The van der Waals surface area contributed by atoms with E-state index in [4.69, 9.17) is 5.73 Å². The van der Waals surface area contributed by atoms with Crippen molar-refractivity contribution in [1.82, 2.24) is 14.8 Å². The molecule has 2 rings (SSSR count). The van der Waals surface area contributed by atoms with Crippen molar-refractivity contribution in [3.05, 3.63) is 45.4 Å². The van der Waals surface area contributed by atoms with Crippen molar-refractivity contribution in [1.29, 1.82) is 0 Å². The van der Waals surface area contributed by atoms with Gasteiger partial charge < -0.3 is 5.73 Å². The minimum atomic E-state index is 0.504. The van der Waals surface area contributed by atoms with E-state index in [9.17, 15) is 0 Å². The van der Waals surface area contributed by atoms with Crippen LogP contribution in [-0.2, 0) is 13.1 Å². The van der Waals surface area contributed by atoms with Crippen molar-refractivity contribution in [2.45, 2.75) is 26.9 Å². The van der Waals surface area contributed by atoms with E-state index in [2.05, 4.69) is 26.0 Å². The van der Waals surface area contributed by atoms with Crippen molar-refractivity contribution >= 4 is 15.9 Å². The lowest BCUT2D eigenvalue weighted by molar-refractivity contribution is 0.640. The quantitative estimate of drug-likeness (QED) is 0.944. The van der Waals surface area contributed by atoms with Gasteiger partial charge >= 0.3 is 0 Å². The molecule has 0 atom stereocenters. The standard InChI is InChI=1S/C12H15BrN4/c1-8-12(13)9(2)17(16-8)7-11-10(6-14)4-3-5-15-11/h3-5H,6-7,14H2,1-2H3.